The average molecular weight is 104 g/mol. The third-order valence-electron chi connectivity index (χ3n) is 0.871. The van der Waals surface area contributed by atoms with Crippen molar-refractivity contribution in [2.24, 2.45) is 0 Å². The molecule has 0 saturated carbocycles. The summed E-state index contributed by atoms with van der Waals surface area (Å²) in [4.78, 5) is 9.98. The molecule has 0 bridgehead atoms. The lowest BCUT2D eigenvalue weighted by Crippen LogP contribution is -2.05. The molecule has 1 saturated heterocycles. The quantitative estimate of drug-likeness (QED) is 0.412. The summed E-state index contributed by atoms with van der Waals surface area (Å²) >= 11 is 0. The Morgan fingerprint density at radius 3 is 2.71 bits per heavy atom. The molecule has 0 radical (unpaired) electrons. The highest BCUT2D eigenvalue weighted by atomic mass is 19.1. The van der Waals surface area contributed by atoms with E-state index >= 15 is 0 Å². The minimum atomic E-state index is -1.35. The van der Waals surface area contributed by atoms with E-state index < -0.39 is 12.1 Å². The second-order valence-electron chi connectivity index (χ2n) is 1.42. The van der Waals surface area contributed by atoms with Gasteiger partial charge < -0.3 is 4.74 Å². The number of carbonyl (C=O) groups is 1. The first kappa shape index (κ1) is 4.56. The molecule has 1 atom stereocenters. The fourth-order valence-corrected chi connectivity index (χ4v) is 0.471. The maximum atomic E-state index is 11.8. The zero-order chi connectivity index (χ0) is 5.28. The summed E-state index contributed by atoms with van der Waals surface area (Å²) in [5.41, 5.74) is 0. The summed E-state index contributed by atoms with van der Waals surface area (Å²) in [5, 5.41) is 0. The summed E-state index contributed by atoms with van der Waals surface area (Å²) in [6.07, 6.45) is -1.11. The zero-order valence-electron chi connectivity index (χ0n) is 3.69. The highest BCUT2D eigenvalue weighted by Crippen LogP contribution is 2.08. The molecule has 1 heterocycles. The predicted molar refractivity (Wildman–Crippen MR) is 20.5 cm³/mol. The molecule has 0 aromatic heterocycles. The van der Waals surface area contributed by atoms with Gasteiger partial charge in [-0.2, -0.15) is 0 Å². The van der Waals surface area contributed by atoms with Gasteiger partial charge in [-0.25, -0.2) is 9.18 Å². The Bertz CT molecular complexity index is 91.7. The maximum Gasteiger partial charge on any atom is 0.340 e. The fourth-order valence-electron chi connectivity index (χ4n) is 0.471. The molecule has 0 aromatic rings. The summed E-state index contributed by atoms with van der Waals surface area (Å²) in [5.74, 6) is -0.708. The van der Waals surface area contributed by atoms with Crippen molar-refractivity contribution >= 4 is 5.97 Å². The van der Waals surface area contributed by atoms with Crippen LogP contribution in [0.25, 0.3) is 0 Å². The Labute approximate surface area is 40.3 Å². The first-order valence-corrected chi connectivity index (χ1v) is 2.11. The molecule has 40 valence electrons. The van der Waals surface area contributed by atoms with Crippen molar-refractivity contribution in [1.29, 1.82) is 0 Å². The van der Waals surface area contributed by atoms with Crippen molar-refractivity contribution < 1.29 is 13.9 Å². The molecule has 7 heavy (non-hydrogen) atoms. The minimum absolute atomic E-state index is 0.235. The van der Waals surface area contributed by atoms with Crippen LogP contribution in [0.15, 0.2) is 0 Å². The van der Waals surface area contributed by atoms with Gasteiger partial charge >= 0.3 is 5.97 Å². The molecule has 1 unspecified atom stereocenters. The Kier molecular flexibility index (Phi) is 0.964. The number of alkyl halides is 1. The zero-order valence-corrected chi connectivity index (χ0v) is 3.69. The number of hydrogen-bond donors (Lipinski definition) is 0. The van der Waals surface area contributed by atoms with E-state index in [-0.39, 0.29) is 13.0 Å². The second kappa shape index (κ2) is 1.48. The Morgan fingerprint density at radius 2 is 2.57 bits per heavy atom. The molecule has 0 aliphatic carbocycles. The second-order valence-corrected chi connectivity index (χ2v) is 1.42. The van der Waals surface area contributed by atoms with Crippen molar-refractivity contribution in [3.63, 3.8) is 0 Å². The van der Waals surface area contributed by atoms with Crippen molar-refractivity contribution in [1.82, 2.24) is 0 Å². The van der Waals surface area contributed by atoms with E-state index in [1.54, 1.807) is 0 Å². The largest absolute Gasteiger partial charge is 0.463 e. The third kappa shape index (κ3) is 0.706. The van der Waals surface area contributed by atoms with Gasteiger partial charge in [-0.15, -0.1) is 0 Å². The van der Waals surface area contributed by atoms with Gasteiger partial charge in [0.05, 0.1) is 6.61 Å². The lowest BCUT2D eigenvalue weighted by molar-refractivity contribution is -0.141. The van der Waals surface area contributed by atoms with Gasteiger partial charge in [-0.05, 0) is 0 Å². The van der Waals surface area contributed by atoms with Gasteiger partial charge in [0.25, 0.3) is 0 Å². The number of rotatable bonds is 0. The van der Waals surface area contributed by atoms with Crippen LogP contribution in [0.5, 0.6) is 0 Å². The predicted octanol–water partition coefficient (Wildman–Crippen LogP) is 0.271. The smallest absolute Gasteiger partial charge is 0.340 e. The van der Waals surface area contributed by atoms with Crippen molar-refractivity contribution in [3.8, 4) is 0 Å². The van der Waals surface area contributed by atoms with E-state index in [1.807, 2.05) is 0 Å². The molecule has 1 aliphatic rings. The first-order valence-electron chi connectivity index (χ1n) is 2.11. The van der Waals surface area contributed by atoms with E-state index in [2.05, 4.69) is 4.74 Å². The monoisotopic (exact) mass is 104 g/mol. The number of hydrogen-bond acceptors (Lipinski definition) is 2. The number of esters is 1. The molecule has 0 amide bonds. The number of halogens is 1. The average Bonchev–Trinajstić information content (AvgIpc) is 1.91. The standard InChI is InChI=1S/C4H5FO2/c5-3-1-2-7-4(3)6/h3H,1-2H2. The summed E-state index contributed by atoms with van der Waals surface area (Å²) in [6.45, 7) is 0.250. The van der Waals surface area contributed by atoms with Crippen LogP contribution >= 0.6 is 0 Å². The Hall–Kier alpha value is -0.600. The molecule has 0 N–H and O–H groups in total. The molecule has 0 spiro atoms. The summed E-state index contributed by atoms with van der Waals surface area (Å²) < 4.78 is 16.1. The Morgan fingerprint density at radius 1 is 1.86 bits per heavy atom. The number of cyclic esters (lactones) is 1. The third-order valence-corrected chi connectivity index (χ3v) is 0.871. The highest BCUT2D eigenvalue weighted by molar-refractivity contribution is 5.76. The van der Waals surface area contributed by atoms with Gasteiger partial charge in [0.1, 0.15) is 0 Å². The van der Waals surface area contributed by atoms with Gasteiger partial charge in [-0.1, -0.05) is 0 Å². The molecule has 1 fully saturated rings. The fraction of sp³-hybridized carbons (Fsp3) is 0.750. The van der Waals surface area contributed by atoms with Crippen LogP contribution in [0.4, 0.5) is 4.39 Å². The van der Waals surface area contributed by atoms with E-state index in [0.29, 0.717) is 0 Å². The van der Waals surface area contributed by atoms with E-state index in [1.165, 1.54) is 0 Å². The van der Waals surface area contributed by atoms with Gasteiger partial charge in [0.2, 0.25) is 6.17 Å². The first-order chi connectivity index (χ1) is 3.30. The van der Waals surface area contributed by atoms with Crippen LogP contribution in [0.1, 0.15) is 6.42 Å². The van der Waals surface area contributed by atoms with Crippen LogP contribution in [0, 0.1) is 0 Å². The van der Waals surface area contributed by atoms with E-state index in [9.17, 15) is 9.18 Å². The van der Waals surface area contributed by atoms with Gasteiger partial charge in [0.15, 0.2) is 0 Å². The lowest BCUT2D eigenvalue weighted by atomic mass is 10.3. The van der Waals surface area contributed by atoms with Crippen LogP contribution in [-0.4, -0.2) is 18.7 Å². The van der Waals surface area contributed by atoms with Crippen molar-refractivity contribution in [3.05, 3.63) is 0 Å². The number of carbonyl (C=O) groups excluding carboxylic acids is 1. The molecular weight excluding hydrogens is 99.0 g/mol. The van der Waals surface area contributed by atoms with Crippen molar-refractivity contribution in [2.75, 3.05) is 6.61 Å². The topological polar surface area (TPSA) is 26.3 Å². The maximum absolute atomic E-state index is 11.8. The molecule has 2 nitrogen and oxygen atoms in total. The van der Waals surface area contributed by atoms with E-state index in [0.717, 1.165) is 0 Å². The highest BCUT2D eigenvalue weighted by Gasteiger charge is 2.24. The van der Waals surface area contributed by atoms with Crippen LogP contribution in [0.3, 0.4) is 0 Å². The number of ether oxygens (including phenoxy) is 1. The molecule has 0 aromatic carbocycles. The van der Waals surface area contributed by atoms with Gasteiger partial charge in [0, 0.05) is 6.42 Å². The summed E-state index contributed by atoms with van der Waals surface area (Å²) in [6, 6.07) is 0. The van der Waals surface area contributed by atoms with Crippen molar-refractivity contribution in [2.45, 2.75) is 12.6 Å². The van der Waals surface area contributed by atoms with E-state index in [4.69, 9.17) is 0 Å². The molecule has 1 aliphatic heterocycles. The van der Waals surface area contributed by atoms with Crippen LogP contribution < -0.4 is 0 Å². The Balaban J connectivity index is 2.48. The minimum Gasteiger partial charge on any atom is -0.463 e. The normalized spacial score (nSPS) is 30.4. The summed E-state index contributed by atoms with van der Waals surface area (Å²) in [7, 11) is 0. The van der Waals surface area contributed by atoms with Gasteiger partial charge in [-0.3, -0.25) is 0 Å². The SMILES string of the molecule is O=C1OCCC1F. The molecule has 3 heteroatoms. The van der Waals surface area contributed by atoms with Crippen LogP contribution in [0.2, 0.25) is 0 Å². The molecule has 1 rings (SSSR count). The lowest BCUT2D eigenvalue weighted by Gasteiger charge is -1.85. The molecular formula is C4H5FO2. The van der Waals surface area contributed by atoms with Crippen LogP contribution in [-0.2, 0) is 9.53 Å².